The van der Waals surface area contributed by atoms with Gasteiger partial charge >= 0.3 is 0 Å². The number of aliphatic hydroxyl groups is 1. The average molecular weight is 491 g/mol. The Labute approximate surface area is 210 Å². The van der Waals surface area contributed by atoms with E-state index < -0.39 is 0 Å². The van der Waals surface area contributed by atoms with Crippen molar-refractivity contribution in [1.82, 2.24) is 29.7 Å². The van der Waals surface area contributed by atoms with Crippen molar-refractivity contribution in [3.8, 4) is 0 Å². The van der Waals surface area contributed by atoms with Crippen molar-refractivity contribution in [3.05, 3.63) is 36.3 Å². The minimum Gasteiger partial charge on any atom is -0.392 e. The van der Waals surface area contributed by atoms with Gasteiger partial charge in [0.05, 0.1) is 23.5 Å². The second kappa shape index (κ2) is 9.33. The van der Waals surface area contributed by atoms with Gasteiger partial charge in [0.25, 0.3) is 5.91 Å². The molecule has 3 aromatic heterocycles. The molecule has 3 N–H and O–H groups in total. The first-order valence-electron chi connectivity index (χ1n) is 13.1. The number of aromatic nitrogens is 4. The summed E-state index contributed by atoms with van der Waals surface area (Å²) in [6, 6.07) is 5.94. The summed E-state index contributed by atoms with van der Waals surface area (Å²) in [5, 5.41) is 16.9. The minimum absolute atomic E-state index is 0.0392. The molecule has 190 valence electrons. The van der Waals surface area contributed by atoms with Crippen LogP contribution < -0.4 is 15.5 Å². The number of pyridine rings is 1. The highest BCUT2D eigenvalue weighted by Crippen LogP contribution is 2.40. The summed E-state index contributed by atoms with van der Waals surface area (Å²) >= 11 is 0. The summed E-state index contributed by atoms with van der Waals surface area (Å²) in [5.41, 5.74) is 2.47. The number of carbonyl (C=O) groups is 1. The molecule has 6 rings (SSSR count). The number of nitrogens with one attached hydrogen (secondary N) is 2. The Hall–Kier alpha value is -3.24. The second-order valence-electron chi connectivity index (χ2n) is 10.5. The molecule has 5 heterocycles. The molecule has 10 heteroatoms. The highest BCUT2D eigenvalue weighted by atomic mass is 16.3. The van der Waals surface area contributed by atoms with Crippen LogP contribution in [0, 0.1) is 0 Å². The number of piperazine rings is 1. The summed E-state index contributed by atoms with van der Waals surface area (Å²) < 4.78 is 2.18. The van der Waals surface area contributed by atoms with E-state index >= 15 is 0 Å². The molecule has 3 aromatic rings. The van der Waals surface area contributed by atoms with Gasteiger partial charge in [-0.05, 0) is 38.0 Å². The number of hydrogen-bond donors (Lipinski definition) is 3. The molecule has 1 atom stereocenters. The maximum absolute atomic E-state index is 12.7. The van der Waals surface area contributed by atoms with Crippen LogP contribution >= 0.6 is 0 Å². The predicted molar refractivity (Wildman–Crippen MR) is 139 cm³/mol. The molecule has 1 saturated heterocycles. The van der Waals surface area contributed by atoms with Crippen molar-refractivity contribution in [2.24, 2.45) is 0 Å². The van der Waals surface area contributed by atoms with Crippen LogP contribution in [0.25, 0.3) is 11.0 Å². The first-order valence-corrected chi connectivity index (χ1v) is 13.1. The van der Waals surface area contributed by atoms with Gasteiger partial charge in [-0.25, -0.2) is 9.97 Å². The normalized spacial score (nSPS) is 20.8. The van der Waals surface area contributed by atoms with Gasteiger partial charge in [0.2, 0.25) is 5.95 Å². The number of fused-ring (bicyclic) bond motifs is 4. The van der Waals surface area contributed by atoms with E-state index in [4.69, 9.17) is 4.98 Å². The molecule has 1 amide bonds. The number of nitrogens with zero attached hydrogens (tertiary/aromatic N) is 6. The predicted octanol–water partition coefficient (Wildman–Crippen LogP) is 2.48. The Balaban J connectivity index is 1.20. The Kier molecular flexibility index (Phi) is 6.00. The van der Waals surface area contributed by atoms with Gasteiger partial charge in [-0.3, -0.25) is 9.69 Å². The molecule has 0 bridgehead atoms. The van der Waals surface area contributed by atoms with Crippen molar-refractivity contribution in [2.45, 2.75) is 50.7 Å². The molecule has 2 fully saturated rings. The fourth-order valence-electron chi connectivity index (χ4n) is 6.05. The Morgan fingerprint density at radius 1 is 1.11 bits per heavy atom. The third kappa shape index (κ3) is 4.28. The minimum atomic E-state index is -0.298. The van der Waals surface area contributed by atoms with Crippen molar-refractivity contribution in [3.63, 3.8) is 0 Å². The lowest BCUT2D eigenvalue weighted by atomic mass is 9.80. The van der Waals surface area contributed by atoms with E-state index in [0.29, 0.717) is 24.0 Å². The topological polar surface area (TPSA) is 111 Å². The molecular formula is C26H34N8O2. The molecule has 0 aromatic carbocycles. The van der Waals surface area contributed by atoms with Gasteiger partial charge in [0.15, 0.2) is 0 Å². The molecule has 0 radical (unpaired) electrons. The first-order chi connectivity index (χ1) is 17.5. The zero-order valence-electron chi connectivity index (χ0n) is 20.8. The van der Waals surface area contributed by atoms with E-state index in [1.165, 1.54) is 6.42 Å². The van der Waals surface area contributed by atoms with Crippen molar-refractivity contribution in [1.29, 1.82) is 0 Å². The maximum Gasteiger partial charge on any atom is 0.268 e. The Morgan fingerprint density at radius 3 is 2.64 bits per heavy atom. The van der Waals surface area contributed by atoms with Gasteiger partial charge in [-0.2, -0.15) is 4.98 Å². The number of hydrogen-bond acceptors (Lipinski definition) is 8. The third-order valence-corrected chi connectivity index (χ3v) is 7.86. The summed E-state index contributed by atoms with van der Waals surface area (Å²) in [4.78, 5) is 31.2. The lowest BCUT2D eigenvalue weighted by Gasteiger charge is -2.42. The third-order valence-electron chi connectivity index (χ3n) is 7.86. The quantitative estimate of drug-likeness (QED) is 0.500. The summed E-state index contributed by atoms with van der Waals surface area (Å²) in [7, 11) is 0. The van der Waals surface area contributed by atoms with Crippen molar-refractivity contribution in [2.75, 3.05) is 49.5 Å². The zero-order valence-corrected chi connectivity index (χ0v) is 20.8. The van der Waals surface area contributed by atoms with Crippen molar-refractivity contribution < 1.29 is 9.90 Å². The SMILES string of the molecule is CC(O)CN1CCN(c2ccc(Nc3ncc4cc5n(c4n3)C3(CCCCC3)CNC5=O)nc2)CC1. The summed E-state index contributed by atoms with van der Waals surface area (Å²) in [6.07, 6.45) is 9.04. The molecule has 1 spiro atoms. The standard InChI is InChI=1S/C26H34N8O2/c1-18(35)16-32-9-11-33(12-10-32)20-5-6-22(27-15-20)30-25-28-14-19-13-21-24(36)29-17-26(7-3-2-4-8-26)34(21)23(19)31-25/h5-6,13-15,18,35H,2-4,7-12,16-17H2,1H3,(H,29,36)(H,27,28,30,31). The molecule has 2 aliphatic heterocycles. The summed E-state index contributed by atoms with van der Waals surface area (Å²) in [5.74, 6) is 1.12. The highest BCUT2D eigenvalue weighted by Gasteiger charge is 2.41. The van der Waals surface area contributed by atoms with Gasteiger partial charge in [-0.1, -0.05) is 19.3 Å². The molecule has 1 saturated carbocycles. The van der Waals surface area contributed by atoms with Crippen LogP contribution in [0.15, 0.2) is 30.6 Å². The maximum atomic E-state index is 12.7. The lowest BCUT2D eigenvalue weighted by Crippen LogP contribution is -2.52. The van der Waals surface area contributed by atoms with E-state index in [9.17, 15) is 9.90 Å². The number of amides is 1. The van der Waals surface area contributed by atoms with E-state index in [-0.39, 0.29) is 17.6 Å². The van der Waals surface area contributed by atoms with Gasteiger partial charge in [0.1, 0.15) is 17.2 Å². The number of rotatable bonds is 5. The van der Waals surface area contributed by atoms with E-state index in [1.807, 2.05) is 25.3 Å². The fourth-order valence-corrected chi connectivity index (χ4v) is 6.05. The summed E-state index contributed by atoms with van der Waals surface area (Å²) in [6.45, 7) is 6.89. The van der Waals surface area contributed by atoms with Gasteiger partial charge < -0.3 is 25.2 Å². The first kappa shape index (κ1) is 23.2. The largest absolute Gasteiger partial charge is 0.392 e. The Morgan fingerprint density at radius 2 is 1.92 bits per heavy atom. The molecule has 36 heavy (non-hydrogen) atoms. The second-order valence-corrected chi connectivity index (χ2v) is 10.5. The average Bonchev–Trinajstić information content (AvgIpc) is 3.28. The molecular weight excluding hydrogens is 456 g/mol. The highest BCUT2D eigenvalue weighted by molar-refractivity contribution is 5.99. The molecule has 10 nitrogen and oxygen atoms in total. The molecule has 3 aliphatic rings. The zero-order chi connectivity index (χ0) is 24.7. The van der Waals surface area contributed by atoms with Crippen LogP contribution in [-0.2, 0) is 5.54 Å². The van der Waals surface area contributed by atoms with E-state index in [0.717, 1.165) is 75.1 Å². The number of carbonyl (C=O) groups excluding carboxylic acids is 1. The Bertz CT molecular complexity index is 1240. The van der Waals surface area contributed by atoms with E-state index in [1.54, 1.807) is 6.20 Å². The van der Waals surface area contributed by atoms with Crippen LogP contribution in [-0.4, -0.2) is 80.8 Å². The van der Waals surface area contributed by atoms with Gasteiger partial charge in [0, 0.05) is 50.9 Å². The van der Waals surface area contributed by atoms with Crippen LogP contribution in [0.4, 0.5) is 17.5 Å². The van der Waals surface area contributed by atoms with E-state index in [2.05, 4.69) is 41.0 Å². The molecule has 1 aliphatic carbocycles. The smallest absolute Gasteiger partial charge is 0.268 e. The lowest BCUT2D eigenvalue weighted by molar-refractivity contribution is 0.0833. The number of anilines is 3. The molecule has 1 unspecified atom stereocenters. The van der Waals surface area contributed by atoms with Crippen LogP contribution in [0.3, 0.4) is 0 Å². The number of aliphatic hydroxyl groups excluding tert-OH is 1. The number of β-amino-alcohol motifs (C(OH)–C–C–N with tert-alkyl or cyclic N) is 1. The van der Waals surface area contributed by atoms with Gasteiger partial charge in [-0.15, -0.1) is 0 Å². The van der Waals surface area contributed by atoms with Crippen LogP contribution in [0.2, 0.25) is 0 Å². The van der Waals surface area contributed by atoms with Crippen LogP contribution in [0.1, 0.15) is 49.5 Å². The fraction of sp³-hybridized carbons (Fsp3) is 0.538. The van der Waals surface area contributed by atoms with Crippen molar-refractivity contribution >= 4 is 34.4 Å². The van der Waals surface area contributed by atoms with Crippen LogP contribution in [0.5, 0.6) is 0 Å². The monoisotopic (exact) mass is 490 g/mol.